The quantitative estimate of drug-likeness (QED) is 0.748. The van der Waals surface area contributed by atoms with E-state index in [-0.39, 0.29) is 30.9 Å². The number of hydrogen-bond donors (Lipinski definition) is 2. The highest BCUT2D eigenvalue weighted by Crippen LogP contribution is 2.44. The number of benzene rings is 2. The molecule has 1 aliphatic heterocycles. The number of carboxylic acids is 1. The van der Waals surface area contributed by atoms with Crippen LogP contribution in [0.15, 0.2) is 48.5 Å². The number of rotatable bonds is 5. The van der Waals surface area contributed by atoms with Crippen LogP contribution in [0.4, 0.5) is 4.79 Å². The molecule has 1 fully saturated rings. The maximum Gasteiger partial charge on any atom is 0.407 e. The van der Waals surface area contributed by atoms with Crippen LogP contribution >= 0.6 is 0 Å². The van der Waals surface area contributed by atoms with Gasteiger partial charge in [-0.2, -0.15) is 0 Å². The standard InChI is InChI=1S/C25H28N2O5/c1-15-12-27(14-25(15,3)23(29)30)22(28)16(2)26-24(31)32-13-21-19-10-6-4-8-17(19)18-9-5-7-11-20(18)21/h4-11,15-16,21H,12-14H2,1-3H3,(H,26,31)(H,29,30)/t15-,16+,25-/m0/s1. The van der Waals surface area contributed by atoms with Gasteiger partial charge in [0.05, 0.1) is 5.41 Å². The van der Waals surface area contributed by atoms with Gasteiger partial charge in [0.15, 0.2) is 0 Å². The molecule has 1 saturated heterocycles. The Morgan fingerprint density at radius 2 is 1.69 bits per heavy atom. The van der Waals surface area contributed by atoms with Crippen molar-refractivity contribution in [3.8, 4) is 11.1 Å². The zero-order valence-corrected chi connectivity index (χ0v) is 18.5. The van der Waals surface area contributed by atoms with Crippen LogP contribution in [0.25, 0.3) is 11.1 Å². The van der Waals surface area contributed by atoms with E-state index in [4.69, 9.17) is 4.74 Å². The Morgan fingerprint density at radius 1 is 1.12 bits per heavy atom. The number of nitrogens with one attached hydrogen (secondary N) is 1. The summed E-state index contributed by atoms with van der Waals surface area (Å²) in [4.78, 5) is 38.4. The largest absolute Gasteiger partial charge is 0.481 e. The molecule has 4 rings (SSSR count). The molecule has 7 nitrogen and oxygen atoms in total. The smallest absolute Gasteiger partial charge is 0.407 e. The van der Waals surface area contributed by atoms with Crippen LogP contribution in [0.5, 0.6) is 0 Å². The van der Waals surface area contributed by atoms with E-state index >= 15 is 0 Å². The highest BCUT2D eigenvalue weighted by molar-refractivity contribution is 5.87. The average Bonchev–Trinajstić information content (AvgIpc) is 3.27. The molecule has 2 aromatic rings. The average molecular weight is 437 g/mol. The fraction of sp³-hybridized carbons (Fsp3) is 0.400. The number of amides is 2. The van der Waals surface area contributed by atoms with Crippen LogP contribution < -0.4 is 5.32 Å². The van der Waals surface area contributed by atoms with Crippen molar-refractivity contribution in [2.45, 2.75) is 32.7 Å². The van der Waals surface area contributed by atoms with Crippen LogP contribution in [0.1, 0.15) is 37.8 Å². The lowest BCUT2D eigenvalue weighted by atomic mass is 9.81. The van der Waals surface area contributed by atoms with E-state index in [1.807, 2.05) is 43.3 Å². The highest BCUT2D eigenvalue weighted by Gasteiger charge is 2.48. The minimum Gasteiger partial charge on any atom is -0.481 e. The molecule has 1 aliphatic carbocycles. The van der Waals surface area contributed by atoms with Gasteiger partial charge in [0.2, 0.25) is 5.91 Å². The Labute approximate surface area is 187 Å². The minimum atomic E-state index is -0.987. The molecule has 0 aromatic heterocycles. The van der Waals surface area contributed by atoms with Crippen LogP contribution in [-0.2, 0) is 14.3 Å². The van der Waals surface area contributed by atoms with Gasteiger partial charge >= 0.3 is 12.1 Å². The first kappa shape index (κ1) is 21.9. The van der Waals surface area contributed by atoms with Gasteiger partial charge in [-0.3, -0.25) is 9.59 Å². The van der Waals surface area contributed by atoms with Gasteiger partial charge in [0.25, 0.3) is 0 Å². The fourth-order valence-electron chi connectivity index (χ4n) is 4.75. The summed E-state index contributed by atoms with van der Waals surface area (Å²) in [5.74, 6) is -1.46. The summed E-state index contributed by atoms with van der Waals surface area (Å²) in [6.07, 6.45) is -0.666. The van der Waals surface area contributed by atoms with Gasteiger partial charge in [-0.25, -0.2) is 4.79 Å². The molecular weight excluding hydrogens is 408 g/mol. The highest BCUT2D eigenvalue weighted by atomic mass is 16.5. The van der Waals surface area contributed by atoms with Gasteiger partial charge < -0.3 is 20.1 Å². The molecule has 0 bridgehead atoms. The van der Waals surface area contributed by atoms with Crippen molar-refractivity contribution in [3.05, 3.63) is 59.7 Å². The molecule has 2 aliphatic rings. The molecule has 168 valence electrons. The Balaban J connectivity index is 1.37. The fourth-order valence-corrected chi connectivity index (χ4v) is 4.75. The molecule has 2 N–H and O–H groups in total. The number of likely N-dealkylation sites (tertiary alicyclic amines) is 1. The van der Waals surface area contributed by atoms with E-state index in [0.717, 1.165) is 22.3 Å². The third-order valence-electron chi connectivity index (χ3n) is 6.95. The zero-order chi connectivity index (χ0) is 23.0. The van der Waals surface area contributed by atoms with Crippen molar-refractivity contribution in [2.75, 3.05) is 19.7 Å². The number of carbonyl (C=O) groups excluding carboxylic acids is 2. The Kier molecular flexibility index (Phi) is 5.67. The van der Waals surface area contributed by atoms with E-state index in [0.29, 0.717) is 6.54 Å². The monoisotopic (exact) mass is 436 g/mol. The Morgan fingerprint density at radius 3 is 2.22 bits per heavy atom. The van der Waals surface area contributed by atoms with Gasteiger partial charge in [-0.1, -0.05) is 55.5 Å². The summed E-state index contributed by atoms with van der Waals surface area (Å²) in [6.45, 7) is 5.70. The molecule has 3 atom stereocenters. The first-order valence-electron chi connectivity index (χ1n) is 10.9. The topological polar surface area (TPSA) is 95.9 Å². The maximum absolute atomic E-state index is 12.8. The lowest BCUT2D eigenvalue weighted by Gasteiger charge is -2.24. The molecule has 2 aromatic carbocycles. The SMILES string of the molecule is C[C@@H](NC(=O)OCC1c2ccccc2-c2ccccc21)C(=O)N1C[C@H](C)[C@@](C)(C(=O)O)C1. The lowest BCUT2D eigenvalue weighted by molar-refractivity contribution is -0.149. The van der Waals surface area contributed by atoms with Gasteiger partial charge in [-0.05, 0) is 42.0 Å². The normalized spacial score (nSPS) is 22.7. The second-order valence-electron chi connectivity index (χ2n) is 9.03. The van der Waals surface area contributed by atoms with E-state index < -0.39 is 23.5 Å². The van der Waals surface area contributed by atoms with Crippen LogP contribution in [0.2, 0.25) is 0 Å². The molecule has 7 heteroatoms. The van der Waals surface area contributed by atoms with Crippen molar-refractivity contribution in [3.63, 3.8) is 0 Å². The van der Waals surface area contributed by atoms with Crippen LogP contribution in [0, 0.1) is 11.3 Å². The van der Waals surface area contributed by atoms with Gasteiger partial charge in [0.1, 0.15) is 12.6 Å². The molecule has 0 radical (unpaired) electrons. The van der Waals surface area contributed by atoms with Crippen molar-refractivity contribution in [1.29, 1.82) is 0 Å². The molecule has 32 heavy (non-hydrogen) atoms. The number of carbonyl (C=O) groups is 3. The summed E-state index contributed by atoms with van der Waals surface area (Å²) < 4.78 is 5.51. The number of fused-ring (bicyclic) bond motifs is 3. The van der Waals surface area contributed by atoms with Crippen molar-refractivity contribution in [1.82, 2.24) is 10.2 Å². The van der Waals surface area contributed by atoms with Crippen molar-refractivity contribution < 1.29 is 24.2 Å². The van der Waals surface area contributed by atoms with Gasteiger partial charge in [-0.15, -0.1) is 0 Å². The van der Waals surface area contributed by atoms with Gasteiger partial charge in [0, 0.05) is 19.0 Å². The number of nitrogens with zero attached hydrogens (tertiary/aromatic N) is 1. The summed E-state index contributed by atoms with van der Waals surface area (Å²) in [5, 5.41) is 12.1. The number of alkyl carbamates (subject to hydrolysis) is 1. The number of hydrogen-bond acceptors (Lipinski definition) is 4. The zero-order valence-electron chi connectivity index (χ0n) is 18.5. The molecule has 1 heterocycles. The predicted octanol–water partition coefficient (Wildman–Crippen LogP) is 3.48. The molecule has 2 amide bonds. The Hall–Kier alpha value is -3.35. The van der Waals surface area contributed by atoms with E-state index in [1.54, 1.807) is 13.8 Å². The number of aliphatic carboxylic acids is 1. The summed E-state index contributed by atoms with van der Waals surface area (Å²) in [7, 11) is 0. The van der Waals surface area contributed by atoms with E-state index in [2.05, 4.69) is 17.4 Å². The summed E-state index contributed by atoms with van der Waals surface area (Å²) >= 11 is 0. The molecule has 0 unspecified atom stereocenters. The van der Waals surface area contributed by atoms with Crippen LogP contribution in [0.3, 0.4) is 0 Å². The van der Waals surface area contributed by atoms with E-state index in [1.165, 1.54) is 4.90 Å². The first-order chi connectivity index (χ1) is 15.2. The number of carboxylic acid groups (broad SMARTS) is 1. The molecule has 0 spiro atoms. The maximum atomic E-state index is 12.8. The second kappa shape index (κ2) is 8.30. The van der Waals surface area contributed by atoms with E-state index in [9.17, 15) is 19.5 Å². The predicted molar refractivity (Wildman–Crippen MR) is 119 cm³/mol. The lowest BCUT2D eigenvalue weighted by Crippen LogP contribution is -2.47. The number of ether oxygens (including phenoxy) is 1. The third-order valence-corrected chi connectivity index (χ3v) is 6.95. The Bertz CT molecular complexity index is 1020. The second-order valence-corrected chi connectivity index (χ2v) is 9.03. The molecular formula is C25H28N2O5. The third kappa shape index (κ3) is 3.72. The molecule has 0 saturated carbocycles. The summed E-state index contributed by atoms with van der Waals surface area (Å²) in [5.41, 5.74) is 3.53. The van der Waals surface area contributed by atoms with Crippen molar-refractivity contribution in [2.24, 2.45) is 11.3 Å². The summed E-state index contributed by atoms with van der Waals surface area (Å²) in [6, 6.07) is 15.3. The minimum absolute atomic E-state index is 0.0603. The van der Waals surface area contributed by atoms with Crippen LogP contribution in [-0.4, -0.2) is 53.7 Å². The first-order valence-corrected chi connectivity index (χ1v) is 10.9. The van der Waals surface area contributed by atoms with Crippen molar-refractivity contribution >= 4 is 18.0 Å².